The first-order chi connectivity index (χ1) is 16.3. The number of hydrogen-bond donors (Lipinski definition) is 2. The van der Waals surface area contributed by atoms with Crippen LogP contribution in [0.2, 0.25) is 0 Å². The first kappa shape index (κ1) is 23.6. The predicted molar refractivity (Wildman–Crippen MR) is 124 cm³/mol. The summed E-state index contributed by atoms with van der Waals surface area (Å²) in [6.45, 7) is 3.22. The maximum absolute atomic E-state index is 13.4. The van der Waals surface area contributed by atoms with Crippen molar-refractivity contribution in [3.05, 3.63) is 77.9 Å². The Balaban J connectivity index is 1.64. The van der Waals surface area contributed by atoms with E-state index in [2.05, 4.69) is 15.4 Å². The molecule has 1 aliphatic rings. The number of carbonyl (C=O) groups excluding carboxylic acids is 1. The Morgan fingerprint density at radius 3 is 2.44 bits per heavy atom. The second-order valence-corrected chi connectivity index (χ2v) is 8.07. The number of alkyl halides is 3. The smallest absolute Gasteiger partial charge is 0.490 e. The summed E-state index contributed by atoms with van der Waals surface area (Å²) in [6.07, 6.45) is -2.99. The van der Waals surface area contributed by atoms with Gasteiger partial charge in [0.05, 0.1) is 5.56 Å². The average molecular weight is 470 g/mol. The van der Waals surface area contributed by atoms with Crippen LogP contribution in [0.3, 0.4) is 0 Å². The first-order valence-electron chi connectivity index (χ1n) is 11.0. The molecule has 0 spiro atoms. The fourth-order valence-electron chi connectivity index (χ4n) is 4.03. The van der Waals surface area contributed by atoms with Gasteiger partial charge >= 0.3 is 6.36 Å². The van der Waals surface area contributed by atoms with E-state index in [1.165, 1.54) is 19.1 Å². The zero-order chi connectivity index (χ0) is 24.1. The van der Waals surface area contributed by atoms with E-state index >= 15 is 0 Å². The summed E-state index contributed by atoms with van der Waals surface area (Å²) in [7, 11) is 0. The predicted octanol–water partition coefficient (Wildman–Crippen LogP) is 5.94. The lowest BCUT2D eigenvalue weighted by Crippen LogP contribution is -2.34. The maximum Gasteiger partial charge on any atom is 0.573 e. The van der Waals surface area contributed by atoms with E-state index in [0.717, 1.165) is 25.9 Å². The van der Waals surface area contributed by atoms with Crippen LogP contribution in [0, 0.1) is 6.92 Å². The van der Waals surface area contributed by atoms with E-state index < -0.39 is 18.0 Å². The molecular formula is C26H25F3N2O3. The van der Waals surface area contributed by atoms with E-state index in [-0.39, 0.29) is 17.2 Å². The van der Waals surface area contributed by atoms with Crippen LogP contribution >= 0.6 is 0 Å². The third-order valence-electron chi connectivity index (χ3n) is 5.63. The molecule has 0 aromatic heterocycles. The van der Waals surface area contributed by atoms with E-state index in [0.29, 0.717) is 22.6 Å². The number of piperidine rings is 1. The summed E-state index contributed by atoms with van der Waals surface area (Å²) in [5.74, 6) is -0.331. The summed E-state index contributed by atoms with van der Waals surface area (Å²) < 4.78 is 49.0. The molecule has 3 aromatic carbocycles. The highest BCUT2D eigenvalue weighted by molar-refractivity contribution is 6.10. The fourth-order valence-corrected chi connectivity index (χ4v) is 4.03. The van der Waals surface area contributed by atoms with Gasteiger partial charge in [-0.05, 0) is 68.2 Å². The van der Waals surface area contributed by atoms with Crippen molar-refractivity contribution in [1.82, 2.24) is 5.32 Å². The van der Waals surface area contributed by atoms with Crippen LogP contribution in [-0.4, -0.2) is 31.5 Å². The molecule has 0 aliphatic carbocycles. The SMILES string of the molecule is Cc1c(OC(F)(F)F)ccc(-c2ccccc2)c1C(=O)Nc1cccc(OC2CCNCC2)c1. The fraction of sp³-hybridized carbons (Fsp3) is 0.269. The van der Waals surface area contributed by atoms with Gasteiger partial charge in [-0.2, -0.15) is 0 Å². The zero-order valence-electron chi connectivity index (χ0n) is 18.6. The van der Waals surface area contributed by atoms with Crippen molar-refractivity contribution >= 4 is 11.6 Å². The minimum atomic E-state index is -4.87. The number of anilines is 1. The number of hydrogen-bond acceptors (Lipinski definition) is 4. The second kappa shape index (κ2) is 10.2. The van der Waals surface area contributed by atoms with Crippen molar-refractivity contribution in [2.45, 2.75) is 32.2 Å². The molecule has 0 atom stereocenters. The molecule has 34 heavy (non-hydrogen) atoms. The van der Waals surface area contributed by atoms with Gasteiger partial charge in [0.1, 0.15) is 17.6 Å². The minimum absolute atomic E-state index is 0.0929. The Morgan fingerprint density at radius 1 is 1.00 bits per heavy atom. The molecule has 5 nitrogen and oxygen atoms in total. The number of amides is 1. The van der Waals surface area contributed by atoms with Gasteiger partial charge in [-0.3, -0.25) is 4.79 Å². The van der Waals surface area contributed by atoms with E-state index in [9.17, 15) is 18.0 Å². The Kier molecular flexibility index (Phi) is 7.07. The van der Waals surface area contributed by atoms with Gasteiger partial charge in [-0.1, -0.05) is 36.4 Å². The topological polar surface area (TPSA) is 59.6 Å². The Labute approximate surface area is 195 Å². The highest BCUT2D eigenvalue weighted by Crippen LogP contribution is 2.35. The molecule has 1 heterocycles. The van der Waals surface area contributed by atoms with Crippen molar-refractivity contribution in [2.75, 3.05) is 18.4 Å². The van der Waals surface area contributed by atoms with Crippen LogP contribution in [0.5, 0.6) is 11.5 Å². The molecule has 1 saturated heterocycles. The summed E-state index contributed by atoms with van der Waals surface area (Å²) in [4.78, 5) is 13.4. The largest absolute Gasteiger partial charge is 0.573 e. The standard InChI is InChI=1S/C26H25F3N2O3/c1-17-23(34-26(27,28)29)11-10-22(18-6-3-2-4-7-18)24(17)25(32)31-19-8-5-9-21(16-19)33-20-12-14-30-15-13-20/h2-11,16,20,30H,12-15H2,1H3,(H,31,32). The highest BCUT2D eigenvalue weighted by atomic mass is 19.4. The Morgan fingerprint density at radius 2 is 1.74 bits per heavy atom. The molecule has 3 aromatic rings. The van der Waals surface area contributed by atoms with Crippen molar-refractivity contribution < 1.29 is 27.4 Å². The Hall–Kier alpha value is -3.52. The van der Waals surface area contributed by atoms with Gasteiger partial charge in [0.2, 0.25) is 0 Å². The van der Waals surface area contributed by atoms with Gasteiger partial charge in [0.15, 0.2) is 0 Å². The number of carbonyl (C=O) groups is 1. The summed E-state index contributed by atoms with van der Waals surface area (Å²) >= 11 is 0. The summed E-state index contributed by atoms with van der Waals surface area (Å²) in [6, 6.07) is 18.7. The van der Waals surface area contributed by atoms with Crippen LogP contribution in [0.25, 0.3) is 11.1 Å². The first-order valence-corrected chi connectivity index (χ1v) is 11.0. The van der Waals surface area contributed by atoms with E-state index in [1.807, 2.05) is 12.1 Å². The number of benzene rings is 3. The molecule has 0 saturated carbocycles. The number of halogens is 3. The molecular weight excluding hydrogens is 445 g/mol. The summed E-state index contributed by atoms with van der Waals surface area (Å²) in [5, 5.41) is 6.09. The molecule has 1 aliphatic heterocycles. The lowest BCUT2D eigenvalue weighted by atomic mass is 9.94. The van der Waals surface area contributed by atoms with Crippen LogP contribution in [0.15, 0.2) is 66.7 Å². The van der Waals surface area contributed by atoms with E-state index in [1.54, 1.807) is 42.5 Å². The molecule has 178 valence electrons. The lowest BCUT2D eigenvalue weighted by Gasteiger charge is -2.24. The average Bonchev–Trinajstić information content (AvgIpc) is 2.81. The molecule has 0 bridgehead atoms. The van der Waals surface area contributed by atoms with Crippen molar-refractivity contribution in [1.29, 1.82) is 0 Å². The van der Waals surface area contributed by atoms with Crippen LogP contribution < -0.4 is 20.1 Å². The number of rotatable bonds is 6. The Bertz CT molecular complexity index is 1140. The zero-order valence-corrected chi connectivity index (χ0v) is 18.6. The molecule has 1 fully saturated rings. The third-order valence-corrected chi connectivity index (χ3v) is 5.63. The summed E-state index contributed by atoms with van der Waals surface area (Å²) in [5.41, 5.74) is 1.90. The van der Waals surface area contributed by atoms with Gasteiger partial charge in [-0.25, -0.2) is 0 Å². The van der Waals surface area contributed by atoms with Crippen molar-refractivity contribution in [2.24, 2.45) is 0 Å². The molecule has 0 radical (unpaired) electrons. The maximum atomic E-state index is 13.4. The molecule has 1 amide bonds. The van der Waals surface area contributed by atoms with Gasteiger partial charge in [-0.15, -0.1) is 13.2 Å². The van der Waals surface area contributed by atoms with Crippen LogP contribution in [0.4, 0.5) is 18.9 Å². The van der Waals surface area contributed by atoms with Gasteiger partial charge in [0, 0.05) is 17.3 Å². The highest BCUT2D eigenvalue weighted by Gasteiger charge is 2.33. The quantitative estimate of drug-likeness (QED) is 0.468. The number of nitrogens with one attached hydrogen (secondary N) is 2. The minimum Gasteiger partial charge on any atom is -0.490 e. The van der Waals surface area contributed by atoms with Crippen molar-refractivity contribution in [3.63, 3.8) is 0 Å². The van der Waals surface area contributed by atoms with Gasteiger partial charge < -0.3 is 20.1 Å². The molecule has 8 heteroatoms. The normalized spacial score (nSPS) is 14.5. The third kappa shape index (κ3) is 5.88. The lowest BCUT2D eigenvalue weighted by molar-refractivity contribution is -0.274. The monoisotopic (exact) mass is 470 g/mol. The number of ether oxygens (including phenoxy) is 2. The van der Waals surface area contributed by atoms with E-state index in [4.69, 9.17) is 4.74 Å². The molecule has 4 rings (SSSR count). The van der Waals surface area contributed by atoms with Crippen molar-refractivity contribution in [3.8, 4) is 22.6 Å². The van der Waals surface area contributed by atoms with Crippen LogP contribution in [0.1, 0.15) is 28.8 Å². The second-order valence-electron chi connectivity index (χ2n) is 8.07. The van der Waals surface area contributed by atoms with Crippen LogP contribution in [-0.2, 0) is 0 Å². The molecule has 0 unspecified atom stereocenters. The van der Waals surface area contributed by atoms with Gasteiger partial charge in [0.25, 0.3) is 5.91 Å². The molecule has 2 N–H and O–H groups in total.